The Morgan fingerprint density at radius 2 is 1.04 bits per heavy atom. The van der Waals surface area contributed by atoms with E-state index in [1.165, 1.54) is 51.4 Å². The number of carbonyl (C=O) groups excluding carboxylic acids is 2. The molecule has 0 saturated carbocycles. The molecule has 2 N–H and O–H groups in total. The number of rotatable bonds is 35. The van der Waals surface area contributed by atoms with Crippen LogP contribution in [0.5, 0.6) is 0 Å². The molecule has 0 saturated heterocycles. The quantitative estimate of drug-likeness (QED) is 0.0391. The van der Waals surface area contributed by atoms with Crippen molar-refractivity contribution in [2.24, 2.45) is 0 Å². The fourth-order valence-electron chi connectivity index (χ4n) is 5.39. The maximum atomic E-state index is 12.7. The minimum absolute atomic E-state index is 0.102. The van der Waals surface area contributed by atoms with Crippen molar-refractivity contribution in [3.05, 3.63) is 72.9 Å². The van der Waals surface area contributed by atoms with Crippen molar-refractivity contribution >= 4 is 17.8 Å². The highest BCUT2D eigenvalue weighted by molar-refractivity contribution is 5.80. The summed E-state index contributed by atoms with van der Waals surface area (Å²) in [4.78, 5) is 34.9. The van der Waals surface area contributed by atoms with Crippen LogP contribution in [0.25, 0.3) is 0 Å². The number of carboxylic acids is 1. The van der Waals surface area contributed by atoms with E-state index in [0.29, 0.717) is 12.8 Å². The predicted molar refractivity (Wildman–Crippen MR) is 212 cm³/mol. The van der Waals surface area contributed by atoms with E-state index in [0.717, 1.165) is 96.3 Å². The molecule has 50 heavy (non-hydrogen) atoms. The first-order valence-electron chi connectivity index (χ1n) is 20.1. The Balaban J connectivity index is 4.29. The maximum Gasteiger partial charge on any atom is 0.322 e. The van der Waals surface area contributed by atoms with Gasteiger partial charge in [0.2, 0.25) is 5.91 Å². The van der Waals surface area contributed by atoms with Gasteiger partial charge in [-0.25, -0.2) is 0 Å². The highest BCUT2D eigenvalue weighted by atomic mass is 16.5. The predicted octanol–water partition coefficient (Wildman–Crippen LogP) is 12.2. The molecule has 1 amide bonds. The van der Waals surface area contributed by atoms with Crippen LogP contribution in [-0.2, 0) is 19.1 Å². The third-order valence-electron chi connectivity index (χ3n) is 8.35. The Bertz CT molecular complexity index is 990. The topological polar surface area (TPSA) is 92.7 Å². The van der Waals surface area contributed by atoms with Gasteiger partial charge in [-0.3, -0.25) is 14.4 Å². The van der Waals surface area contributed by atoms with Gasteiger partial charge in [-0.05, 0) is 89.5 Å². The van der Waals surface area contributed by atoms with Crippen LogP contribution in [0, 0.1) is 0 Å². The first-order valence-corrected chi connectivity index (χ1v) is 20.1. The molecule has 0 aromatic carbocycles. The number of nitrogens with one attached hydrogen (secondary N) is 1. The van der Waals surface area contributed by atoms with Gasteiger partial charge in [0.25, 0.3) is 0 Å². The van der Waals surface area contributed by atoms with Crippen LogP contribution in [0.2, 0.25) is 0 Å². The van der Waals surface area contributed by atoms with Crippen molar-refractivity contribution in [3.63, 3.8) is 0 Å². The molecule has 6 heteroatoms. The van der Waals surface area contributed by atoms with E-state index in [1.807, 2.05) is 6.08 Å². The molecular formula is C44H73NO5. The summed E-state index contributed by atoms with van der Waals surface area (Å²) in [5, 5.41) is 11.1. The van der Waals surface area contributed by atoms with Gasteiger partial charge in [-0.2, -0.15) is 0 Å². The average molecular weight is 696 g/mol. The largest absolute Gasteiger partial charge is 0.480 e. The lowest BCUT2D eigenvalue weighted by Crippen LogP contribution is -2.28. The SMILES string of the molecule is CC/C=C\C/C=C\C/C=C\CCCCCCCCCC(=O)OC(/C=C\C/C=C\C/C=C\CCCCC)CCCCCCCC(=O)NCC(=O)O. The van der Waals surface area contributed by atoms with Crippen LogP contribution in [0.1, 0.15) is 174 Å². The molecule has 284 valence electrons. The molecule has 0 heterocycles. The van der Waals surface area contributed by atoms with Crippen molar-refractivity contribution in [2.45, 2.75) is 180 Å². The van der Waals surface area contributed by atoms with Crippen molar-refractivity contribution in [1.29, 1.82) is 0 Å². The van der Waals surface area contributed by atoms with Gasteiger partial charge in [0.15, 0.2) is 0 Å². The summed E-state index contributed by atoms with van der Waals surface area (Å²) in [6.45, 7) is 4.06. The van der Waals surface area contributed by atoms with Crippen LogP contribution in [-0.4, -0.2) is 35.6 Å². The van der Waals surface area contributed by atoms with Crippen molar-refractivity contribution in [2.75, 3.05) is 6.54 Å². The van der Waals surface area contributed by atoms with Crippen LogP contribution in [0.4, 0.5) is 0 Å². The lowest BCUT2D eigenvalue weighted by molar-refractivity contribution is -0.147. The Kier molecular flexibility index (Phi) is 36.2. The third-order valence-corrected chi connectivity index (χ3v) is 8.35. The summed E-state index contributed by atoms with van der Waals surface area (Å²) < 4.78 is 5.90. The molecule has 0 rings (SSSR count). The van der Waals surface area contributed by atoms with E-state index >= 15 is 0 Å². The fraction of sp³-hybridized carbons (Fsp3) is 0.659. The highest BCUT2D eigenvalue weighted by Gasteiger charge is 2.11. The van der Waals surface area contributed by atoms with E-state index < -0.39 is 5.97 Å². The number of allylic oxidation sites excluding steroid dienone is 11. The van der Waals surface area contributed by atoms with Gasteiger partial charge in [0, 0.05) is 12.8 Å². The van der Waals surface area contributed by atoms with Crippen molar-refractivity contribution in [1.82, 2.24) is 5.32 Å². The molecule has 0 aliphatic carbocycles. The monoisotopic (exact) mass is 696 g/mol. The minimum Gasteiger partial charge on any atom is -0.480 e. The van der Waals surface area contributed by atoms with E-state index in [1.54, 1.807) is 0 Å². The molecule has 1 unspecified atom stereocenters. The van der Waals surface area contributed by atoms with E-state index in [9.17, 15) is 14.4 Å². The van der Waals surface area contributed by atoms with Gasteiger partial charge in [0.05, 0.1) is 0 Å². The summed E-state index contributed by atoms with van der Waals surface area (Å²) in [5.74, 6) is -1.34. The third kappa shape index (κ3) is 37.7. The normalized spacial score (nSPS) is 12.8. The van der Waals surface area contributed by atoms with Crippen molar-refractivity contribution in [3.8, 4) is 0 Å². The second kappa shape index (κ2) is 38.6. The zero-order valence-corrected chi connectivity index (χ0v) is 32.0. The Hall–Kier alpha value is -3.15. The number of ether oxygens (including phenoxy) is 1. The molecular weight excluding hydrogens is 622 g/mol. The Morgan fingerprint density at radius 3 is 1.62 bits per heavy atom. The second-order valence-corrected chi connectivity index (χ2v) is 13.2. The first-order chi connectivity index (χ1) is 24.5. The maximum absolute atomic E-state index is 12.7. The van der Waals surface area contributed by atoms with Crippen LogP contribution < -0.4 is 5.32 Å². The van der Waals surface area contributed by atoms with E-state index in [4.69, 9.17) is 9.84 Å². The van der Waals surface area contributed by atoms with Crippen molar-refractivity contribution < 1.29 is 24.2 Å². The van der Waals surface area contributed by atoms with Gasteiger partial charge < -0.3 is 15.2 Å². The second-order valence-electron chi connectivity index (χ2n) is 13.2. The fourth-order valence-corrected chi connectivity index (χ4v) is 5.39. The molecule has 0 fully saturated rings. The van der Waals surface area contributed by atoms with Crippen LogP contribution >= 0.6 is 0 Å². The summed E-state index contributed by atoms with van der Waals surface area (Å²) in [6.07, 6.45) is 51.7. The number of aliphatic carboxylic acids is 1. The number of carboxylic acid groups (broad SMARTS) is 1. The molecule has 0 spiro atoms. The molecule has 0 aromatic heterocycles. The summed E-state index contributed by atoms with van der Waals surface area (Å²) in [6, 6.07) is 0. The number of hydrogen-bond donors (Lipinski definition) is 2. The lowest BCUT2D eigenvalue weighted by atomic mass is 10.1. The van der Waals surface area contributed by atoms with Gasteiger partial charge in [-0.15, -0.1) is 0 Å². The Labute approximate surface area is 306 Å². The van der Waals surface area contributed by atoms with Gasteiger partial charge >= 0.3 is 11.9 Å². The van der Waals surface area contributed by atoms with Gasteiger partial charge in [0.1, 0.15) is 12.6 Å². The van der Waals surface area contributed by atoms with Crippen LogP contribution in [0.15, 0.2) is 72.9 Å². The number of hydrogen-bond acceptors (Lipinski definition) is 4. The highest BCUT2D eigenvalue weighted by Crippen LogP contribution is 2.15. The molecule has 0 aromatic rings. The number of amides is 1. The van der Waals surface area contributed by atoms with E-state index in [-0.39, 0.29) is 24.5 Å². The number of unbranched alkanes of at least 4 members (excludes halogenated alkanes) is 14. The zero-order valence-electron chi connectivity index (χ0n) is 32.0. The smallest absolute Gasteiger partial charge is 0.322 e. The zero-order chi connectivity index (χ0) is 36.6. The molecule has 0 bridgehead atoms. The van der Waals surface area contributed by atoms with Crippen LogP contribution in [0.3, 0.4) is 0 Å². The summed E-state index contributed by atoms with van der Waals surface area (Å²) in [7, 11) is 0. The minimum atomic E-state index is -1.03. The molecule has 0 aliphatic heterocycles. The molecule has 0 radical (unpaired) electrons. The van der Waals surface area contributed by atoms with E-state index in [2.05, 4.69) is 86.0 Å². The average Bonchev–Trinajstić information content (AvgIpc) is 3.10. The molecule has 1 atom stereocenters. The number of esters is 1. The standard InChI is InChI=1S/C44H73NO5/c1-3-5-7-9-11-13-15-16-17-18-19-20-22-24-26-31-35-39-44(49)50-41(36-32-28-25-23-21-14-12-10-8-6-4-2)37-33-29-27-30-34-38-42(46)45-40-43(47)48/h5,7,11-14,16-17,23,25,32,36,41H,3-4,6,8-10,15,18-22,24,26-31,33-35,37-40H2,1-2H3,(H,45,46)(H,47,48)/b7-5-,13-11-,14-12-,17-16-,25-23-,36-32-. The van der Waals surface area contributed by atoms with Gasteiger partial charge in [-0.1, -0.05) is 145 Å². The first kappa shape index (κ1) is 46.9. The molecule has 6 nitrogen and oxygen atoms in total. The number of carbonyl (C=O) groups is 3. The summed E-state index contributed by atoms with van der Waals surface area (Å²) in [5.41, 5.74) is 0. The molecule has 0 aliphatic rings. The Morgan fingerprint density at radius 1 is 0.560 bits per heavy atom. The summed E-state index contributed by atoms with van der Waals surface area (Å²) >= 11 is 0. The lowest BCUT2D eigenvalue weighted by Gasteiger charge is -2.14.